The van der Waals surface area contributed by atoms with Crippen LogP contribution >= 0.6 is 27.5 Å². The van der Waals surface area contributed by atoms with Crippen molar-refractivity contribution in [2.45, 2.75) is 37.8 Å². The highest BCUT2D eigenvalue weighted by atomic mass is 79.9. The maximum atomic E-state index is 12.1. The minimum atomic E-state index is -0.213. The molecular weight excluding hydrogens is 318 g/mol. The van der Waals surface area contributed by atoms with Gasteiger partial charge in [-0.25, -0.2) is 0 Å². The first-order valence-corrected chi connectivity index (χ1v) is 7.17. The average Bonchev–Trinajstić information content (AvgIpc) is 2.32. The van der Waals surface area contributed by atoms with Crippen LogP contribution in [0.1, 0.15) is 36.0 Å². The van der Waals surface area contributed by atoms with Gasteiger partial charge < -0.3 is 10.4 Å². The number of hydrogen-bond donors (Lipinski definition) is 2. The third-order valence-corrected chi connectivity index (χ3v) is 4.01. The van der Waals surface area contributed by atoms with Crippen LogP contribution in [0.15, 0.2) is 22.7 Å². The lowest BCUT2D eigenvalue weighted by atomic mass is 9.93. The van der Waals surface area contributed by atoms with Crippen LogP contribution in [0.5, 0.6) is 0 Å². The molecule has 0 bridgehead atoms. The summed E-state index contributed by atoms with van der Waals surface area (Å²) < 4.78 is 0.852. The summed E-state index contributed by atoms with van der Waals surface area (Å²) in [6.45, 7) is 0. The molecule has 0 aliphatic heterocycles. The predicted octanol–water partition coefficient (Wildman–Crippen LogP) is 3.14. The summed E-state index contributed by atoms with van der Waals surface area (Å²) in [5.41, 5.74) is 0.492. The molecule has 1 aliphatic carbocycles. The lowest BCUT2D eigenvalue weighted by Crippen LogP contribution is -2.38. The van der Waals surface area contributed by atoms with Gasteiger partial charge in [-0.05, 0) is 43.9 Å². The number of nitrogens with one attached hydrogen (secondary N) is 1. The molecular formula is C13H15BrClNO2. The Balaban J connectivity index is 1.99. The zero-order valence-electron chi connectivity index (χ0n) is 9.83. The number of carbonyl (C=O) groups is 1. The Bertz CT molecular complexity index is 445. The molecule has 98 valence electrons. The number of hydrogen-bond acceptors (Lipinski definition) is 2. The molecule has 1 aromatic rings. The standard InChI is InChI=1S/C13H15BrClNO2/c14-8-1-6-11(12(15)7-8)13(18)16-9-2-4-10(17)5-3-9/h1,6-7,9-10,17H,2-5H2,(H,16,18). The first kappa shape index (κ1) is 13.8. The highest BCUT2D eigenvalue weighted by molar-refractivity contribution is 9.10. The van der Waals surface area contributed by atoms with Gasteiger partial charge in [0.1, 0.15) is 0 Å². The van der Waals surface area contributed by atoms with E-state index in [1.165, 1.54) is 0 Å². The Labute approximate surface area is 120 Å². The van der Waals surface area contributed by atoms with E-state index in [9.17, 15) is 9.90 Å². The number of amides is 1. The first-order valence-electron chi connectivity index (χ1n) is 6.00. The van der Waals surface area contributed by atoms with Crippen LogP contribution in [-0.2, 0) is 0 Å². The van der Waals surface area contributed by atoms with E-state index in [0.717, 1.165) is 30.2 Å². The second-order valence-corrected chi connectivity index (χ2v) is 5.93. The average molecular weight is 333 g/mol. The molecule has 0 spiro atoms. The molecule has 2 N–H and O–H groups in total. The van der Waals surface area contributed by atoms with Crippen molar-refractivity contribution < 1.29 is 9.90 Å². The normalized spacial score (nSPS) is 23.7. The van der Waals surface area contributed by atoms with Crippen LogP contribution in [0.4, 0.5) is 0 Å². The molecule has 2 rings (SSSR count). The van der Waals surface area contributed by atoms with Gasteiger partial charge in [-0.2, -0.15) is 0 Å². The van der Waals surface area contributed by atoms with Crippen LogP contribution in [-0.4, -0.2) is 23.2 Å². The number of rotatable bonds is 2. The number of benzene rings is 1. The summed E-state index contributed by atoms with van der Waals surface area (Å²) in [5, 5.41) is 12.8. The minimum absolute atomic E-state index is 0.139. The lowest BCUT2D eigenvalue weighted by Gasteiger charge is -2.26. The zero-order valence-corrected chi connectivity index (χ0v) is 12.2. The summed E-state index contributed by atoms with van der Waals surface area (Å²) in [4.78, 5) is 12.1. The van der Waals surface area contributed by atoms with Gasteiger partial charge in [0, 0.05) is 10.5 Å². The Morgan fingerprint density at radius 3 is 2.61 bits per heavy atom. The van der Waals surface area contributed by atoms with Crippen LogP contribution in [0, 0.1) is 0 Å². The van der Waals surface area contributed by atoms with Crippen molar-refractivity contribution in [2.75, 3.05) is 0 Å². The van der Waals surface area contributed by atoms with E-state index in [-0.39, 0.29) is 18.1 Å². The molecule has 0 aromatic heterocycles. The van der Waals surface area contributed by atoms with E-state index in [0.29, 0.717) is 10.6 Å². The van der Waals surface area contributed by atoms with Crippen LogP contribution in [0.3, 0.4) is 0 Å². The fraction of sp³-hybridized carbons (Fsp3) is 0.462. The van der Waals surface area contributed by atoms with Crippen molar-refractivity contribution in [2.24, 2.45) is 0 Å². The topological polar surface area (TPSA) is 49.3 Å². The van der Waals surface area contributed by atoms with Gasteiger partial charge in [0.15, 0.2) is 0 Å². The Morgan fingerprint density at radius 2 is 2.00 bits per heavy atom. The van der Waals surface area contributed by atoms with Crippen molar-refractivity contribution in [3.63, 3.8) is 0 Å². The van der Waals surface area contributed by atoms with Crippen molar-refractivity contribution in [3.8, 4) is 0 Å². The molecule has 5 heteroatoms. The van der Waals surface area contributed by atoms with Gasteiger partial charge >= 0.3 is 0 Å². The van der Waals surface area contributed by atoms with Crippen LogP contribution in [0.2, 0.25) is 5.02 Å². The number of aliphatic hydroxyl groups excluding tert-OH is 1. The second kappa shape index (κ2) is 6.04. The van der Waals surface area contributed by atoms with E-state index in [2.05, 4.69) is 21.2 Å². The maximum Gasteiger partial charge on any atom is 0.253 e. The third-order valence-electron chi connectivity index (χ3n) is 3.21. The molecule has 1 aliphatic rings. The smallest absolute Gasteiger partial charge is 0.253 e. The highest BCUT2D eigenvalue weighted by Crippen LogP contribution is 2.23. The number of halogens is 2. The quantitative estimate of drug-likeness (QED) is 0.874. The Kier molecular flexibility index (Phi) is 4.65. The summed E-state index contributed by atoms with van der Waals surface area (Å²) in [5.74, 6) is -0.145. The second-order valence-electron chi connectivity index (χ2n) is 4.60. The van der Waals surface area contributed by atoms with E-state index < -0.39 is 0 Å². The van der Waals surface area contributed by atoms with Crippen LogP contribution < -0.4 is 5.32 Å². The molecule has 1 amide bonds. The molecule has 3 nitrogen and oxygen atoms in total. The van der Waals surface area contributed by atoms with Crippen LogP contribution in [0.25, 0.3) is 0 Å². The van der Waals surface area contributed by atoms with Crippen molar-refractivity contribution in [1.29, 1.82) is 0 Å². The summed E-state index contributed by atoms with van der Waals surface area (Å²) in [7, 11) is 0. The molecule has 0 unspecified atom stereocenters. The molecule has 1 fully saturated rings. The molecule has 0 radical (unpaired) electrons. The zero-order chi connectivity index (χ0) is 13.1. The number of aliphatic hydroxyl groups is 1. The third kappa shape index (κ3) is 3.46. The SMILES string of the molecule is O=C(NC1CCC(O)CC1)c1ccc(Br)cc1Cl. The minimum Gasteiger partial charge on any atom is -0.393 e. The molecule has 1 saturated carbocycles. The fourth-order valence-electron chi connectivity index (χ4n) is 2.16. The van der Waals surface area contributed by atoms with Gasteiger partial charge in [-0.1, -0.05) is 27.5 Å². The molecule has 0 heterocycles. The molecule has 0 saturated heterocycles. The summed E-state index contributed by atoms with van der Waals surface area (Å²) >= 11 is 9.34. The van der Waals surface area contributed by atoms with Gasteiger partial charge in [0.25, 0.3) is 5.91 Å². The monoisotopic (exact) mass is 331 g/mol. The Morgan fingerprint density at radius 1 is 1.33 bits per heavy atom. The summed E-state index contributed by atoms with van der Waals surface area (Å²) in [6, 6.07) is 5.35. The fourth-order valence-corrected chi connectivity index (χ4v) is 2.92. The summed E-state index contributed by atoms with van der Waals surface area (Å²) in [6.07, 6.45) is 2.93. The van der Waals surface area contributed by atoms with Crippen molar-refractivity contribution >= 4 is 33.4 Å². The van der Waals surface area contributed by atoms with E-state index in [1.807, 2.05) is 0 Å². The van der Waals surface area contributed by atoms with E-state index in [4.69, 9.17) is 11.6 Å². The molecule has 18 heavy (non-hydrogen) atoms. The van der Waals surface area contributed by atoms with Gasteiger partial charge in [-0.3, -0.25) is 4.79 Å². The van der Waals surface area contributed by atoms with Crippen molar-refractivity contribution in [1.82, 2.24) is 5.32 Å². The lowest BCUT2D eigenvalue weighted by molar-refractivity contribution is 0.0868. The largest absolute Gasteiger partial charge is 0.393 e. The van der Waals surface area contributed by atoms with Crippen molar-refractivity contribution in [3.05, 3.63) is 33.3 Å². The number of carbonyl (C=O) groups excluding carboxylic acids is 1. The van der Waals surface area contributed by atoms with Gasteiger partial charge in [0.2, 0.25) is 0 Å². The maximum absolute atomic E-state index is 12.1. The van der Waals surface area contributed by atoms with E-state index in [1.54, 1.807) is 18.2 Å². The highest BCUT2D eigenvalue weighted by Gasteiger charge is 2.22. The first-order chi connectivity index (χ1) is 8.56. The molecule has 0 atom stereocenters. The van der Waals surface area contributed by atoms with Gasteiger partial charge in [0.05, 0.1) is 16.7 Å². The van der Waals surface area contributed by atoms with E-state index >= 15 is 0 Å². The molecule has 1 aromatic carbocycles. The van der Waals surface area contributed by atoms with Gasteiger partial charge in [-0.15, -0.1) is 0 Å². The predicted molar refractivity (Wildman–Crippen MR) is 74.9 cm³/mol. The Hall–Kier alpha value is -0.580.